The first-order valence-electron chi connectivity index (χ1n) is 7.91. The van der Waals surface area contributed by atoms with E-state index in [0.717, 1.165) is 5.56 Å². The number of carbonyl (C=O) groups excluding carboxylic acids is 2. The minimum absolute atomic E-state index is 0.0956. The fourth-order valence-electron chi connectivity index (χ4n) is 2.18. The van der Waals surface area contributed by atoms with Crippen molar-refractivity contribution in [1.82, 2.24) is 10.3 Å². The third-order valence-electron chi connectivity index (χ3n) is 3.57. The summed E-state index contributed by atoms with van der Waals surface area (Å²) in [4.78, 5) is 28.0. The Morgan fingerprint density at radius 3 is 2.63 bits per heavy atom. The van der Waals surface area contributed by atoms with Gasteiger partial charge in [-0.1, -0.05) is 29.8 Å². The van der Waals surface area contributed by atoms with Crippen LogP contribution in [0.1, 0.15) is 16.1 Å². The van der Waals surface area contributed by atoms with Crippen molar-refractivity contribution in [2.75, 3.05) is 6.61 Å². The molecule has 1 N–H and O–H groups in total. The highest BCUT2D eigenvalue weighted by Gasteiger charge is 2.15. The average Bonchev–Trinajstić information content (AvgIpc) is 3.16. The number of thiazole rings is 1. The lowest BCUT2D eigenvalue weighted by Gasteiger charge is -2.07. The van der Waals surface area contributed by atoms with E-state index in [-0.39, 0.29) is 18.1 Å². The lowest BCUT2D eigenvalue weighted by molar-refractivity contribution is -0.124. The van der Waals surface area contributed by atoms with Crippen molar-refractivity contribution in [3.8, 4) is 10.6 Å². The SMILES string of the molecule is O=C(COC(=O)c1csc(-c2ccc(F)cc2)n1)NCc1ccccc1Cl. The second-order valence-corrected chi connectivity index (χ2v) is 6.75. The summed E-state index contributed by atoms with van der Waals surface area (Å²) in [5, 5.41) is 5.27. The Morgan fingerprint density at radius 1 is 1.15 bits per heavy atom. The van der Waals surface area contributed by atoms with Gasteiger partial charge in [0.05, 0.1) is 0 Å². The number of ether oxygens (including phenoxy) is 1. The van der Waals surface area contributed by atoms with Gasteiger partial charge in [0.2, 0.25) is 0 Å². The molecule has 2 aromatic carbocycles. The van der Waals surface area contributed by atoms with E-state index >= 15 is 0 Å². The molecule has 5 nitrogen and oxygen atoms in total. The number of nitrogens with one attached hydrogen (secondary N) is 1. The molecule has 0 spiro atoms. The largest absolute Gasteiger partial charge is 0.451 e. The summed E-state index contributed by atoms with van der Waals surface area (Å²) < 4.78 is 17.9. The van der Waals surface area contributed by atoms with Crippen molar-refractivity contribution in [2.24, 2.45) is 0 Å². The summed E-state index contributed by atoms with van der Waals surface area (Å²) >= 11 is 7.24. The van der Waals surface area contributed by atoms with Gasteiger partial charge in [0.1, 0.15) is 10.8 Å². The van der Waals surface area contributed by atoms with Crippen LogP contribution in [-0.4, -0.2) is 23.5 Å². The molecule has 0 fully saturated rings. The number of hydrogen-bond acceptors (Lipinski definition) is 5. The second-order valence-electron chi connectivity index (χ2n) is 5.49. The predicted octanol–water partition coefficient (Wildman–Crippen LogP) is 4.08. The number of amides is 1. The van der Waals surface area contributed by atoms with Gasteiger partial charge in [-0.25, -0.2) is 14.2 Å². The van der Waals surface area contributed by atoms with E-state index in [1.165, 1.54) is 28.8 Å². The van der Waals surface area contributed by atoms with Crippen molar-refractivity contribution < 1.29 is 18.7 Å². The molecule has 0 aliphatic heterocycles. The summed E-state index contributed by atoms with van der Waals surface area (Å²) in [6, 6.07) is 12.9. The molecule has 0 bridgehead atoms. The molecule has 0 radical (unpaired) electrons. The fourth-order valence-corrected chi connectivity index (χ4v) is 3.18. The Balaban J connectivity index is 1.51. The Kier molecular flexibility index (Phi) is 6.16. The van der Waals surface area contributed by atoms with E-state index in [1.54, 1.807) is 30.3 Å². The van der Waals surface area contributed by atoms with Gasteiger partial charge in [-0.3, -0.25) is 4.79 Å². The van der Waals surface area contributed by atoms with E-state index in [4.69, 9.17) is 16.3 Å². The number of esters is 1. The van der Waals surface area contributed by atoms with Crippen LogP contribution in [0.25, 0.3) is 10.6 Å². The molecule has 0 saturated carbocycles. The molecule has 1 aromatic heterocycles. The summed E-state index contributed by atoms with van der Waals surface area (Å²) in [6.45, 7) is -0.186. The maximum atomic E-state index is 13.0. The highest BCUT2D eigenvalue weighted by atomic mass is 35.5. The van der Waals surface area contributed by atoms with Crippen molar-refractivity contribution in [1.29, 1.82) is 0 Å². The first-order valence-corrected chi connectivity index (χ1v) is 9.17. The molecular formula is C19H14ClFN2O3S. The average molecular weight is 405 g/mol. The molecule has 0 unspecified atom stereocenters. The van der Waals surface area contributed by atoms with Gasteiger partial charge in [0, 0.05) is 22.5 Å². The maximum Gasteiger partial charge on any atom is 0.358 e. The molecule has 1 amide bonds. The van der Waals surface area contributed by atoms with Gasteiger partial charge in [0.25, 0.3) is 5.91 Å². The van der Waals surface area contributed by atoms with Crippen LogP contribution in [0.2, 0.25) is 5.02 Å². The van der Waals surface area contributed by atoms with Crippen LogP contribution in [0.5, 0.6) is 0 Å². The Hall–Kier alpha value is -2.77. The standard InChI is InChI=1S/C19H14ClFN2O3S/c20-15-4-2-1-3-13(15)9-22-17(24)10-26-19(25)16-11-27-18(23-16)12-5-7-14(21)8-6-12/h1-8,11H,9-10H2,(H,22,24). The smallest absolute Gasteiger partial charge is 0.358 e. The van der Waals surface area contributed by atoms with Crippen LogP contribution in [0, 0.1) is 5.82 Å². The zero-order valence-electron chi connectivity index (χ0n) is 13.9. The van der Waals surface area contributed by atoms with E-state index < -0.39 is 18.5 Å². The molecule has 0 saturated heterocycles. The minimum atomic E-state index is -0.701. The van der Waals surface area contributed by atoms with Crippen molar-refractivity contribution in [2.45, 2.75) is 6.54 Å². The number of nitrogens with zero attached hydrogens (tertiary/aromatic N) is 1. The van der Waals surface area contributed by atoms with E-state index in [9.17, 15) is 14.0 Å². The molecule has 138 valence electrons. The Labute approximate surface area is 163 Å². The Morgan fingerprint density at radius 2 is 1.89 bits per heavy atom. The topological polar surface area (TPSA) is 68.3 Å². The normalized spacial score (nSPS) is 10.4. The third kappa shape index (κ3) is 5.12. The van der Waals surface area contributed by atoms with Crippen LogP contribution >= 0.6 is 22.9 Å². The lowest BCUT2D eigenvalue weighted by atomic mass is 10.2. The summed E-state index contributed by atoms with van der Waals surface area (Å²) in [6.07, 6.45) is 0. The Bertz CT molecular complexity index is 960. The molecular weight excluding hydrogens is 391 g/mol. The molecule has 0 aliphatic rings. The summed E-state index contributed by atoms with van der Waals surface area (Å²) in [5.41, 5.74) is 1.55. The van der Waals surface area contributed by atoms with E-state index in [0.29, 0.717) is 15.6 Å². The zero-order valence-corrected chi connectivity index (χ0v) is 15.5. The van der Waals surface area contributed by atoms with Gasteiger partial charge < -0.3 is 10.1 Å². The quantitative estimate of drug-likeness (QED) is 0.629. The highest BCUT2D eigenvalue weighted by molar-refractivity contribution is 7.13. The molecule has 0 aliphatic carbocycles. The predicted molar refractivity (Wildman–Crippen MR) is 101 cm³/mol. The number of benzene rings is 2. The van der Waals surface area contributed by atoms with Crippen LogP contribution in [0.3, 0.4) is 0 Å². The molecule has 3 rings (SSSR count). The molecule has 0 atom stereocenters. The molecule has 8 heteroatoms. The third-order valence-corrected chi connectivity index (χ3v) is 4.83. The first-order chi connectivity index (χ1) is 13.0. The van der Waals surface area contributed by atoms with E-state index in [1.807, 2.05) is 6.07 Å². The number of aromatic nitrogens is 1. The number of halogens is 2. The van der Waals surface area contributed by atoms with Crippen molar-refractivity contribution in [3.63, 3.8) is 0 Å². The number of rotatable bonds is 6. The highest BCUT2D eigenvalue weighted by Crippen LogP contribution is 2.24. The van der Waals surface area contributed by atoms with Gasteiger partial charge in [-0.2, -0.15) is 0 Å². The molecule has 27 heavy (non-hydrogen) atoms. The first kappa shape index (κ1) is 19.0. The van der Waals surface area contributed by atoms with Gasteiger partial charge in [0.15, 0.2) is 12.3 Å². The monoisotopic (exact) mass is 404 g/mol. The van der Waals surface area contributed by atoms with Gasteiger partial charge >= 0.3 is 5.97 Å². The minimum Gasteiger partial charge on any atom is -0.451 e. The summed E-state index contributed by atoms with van der Waals surface area (Å²) in [7, 11) is 0. The van der Waals surface area contributed by atoms with E-state index in [2.05, 4.69) is 10.3 Å². The number of carbonyl (C=O) groups is 2. The van der Waals surface area contributed by atoms with Crippen LogP contribution in [0.4, 0.5) is 4.39 Å². The van der Waals surface area contributed by atoms with Crippen LogP contribution < -0.4 is 5.32 Å². The van der Waals surface area contributed by atoms with Crippen LogP contribution in [-0.2, 0) is 16.1 Å². The molecule has 3 aromatic rings. The fraction of sp³-hybridized carbons (Fsp3) is 0.105. The van der Waals surface area contributed by atoms with Crippen LogP contribution in [0.15, 0.2) is 53.9 Å². The zero-order chi connectivity index (χ0) is 19.2. The van der Waals surface area contributed by atoms with Gasteiger partial charge in [-0.05, 0) is 35.9 Å². The summed E-state index contributed by atoms with van der Waals surface area (Å²) in [5.74, 6) is -1.50. The lowest BCUT2D eigenvalue weighted by Crippen LogP contribution is -2.28. The maximum absolute atomic E-state index is 13.0. The van der Waals surface area contributed by atoms with Crippen molar-refractivity contribution in [3.05, 3.63) is 76.0 Å². The molecule has 1 heterocycles. The van der Waals surface area contributed by atoms with Crippen molar-refractivity contribution >= 4 is 34.8 Å². The van der Waals surface area contributed by atoms with Gasteiger partial charge in [-0.15, -0.1) is 11.3 Å². The number of hydrogen-bond donors (Lipinski definition) is 1. The second kappa shape index (κ2) is 8.75.